The van der Waals surface area contributed by atoms with Gasteiger partial charge in [0.15, 0.2) is 17.2 Å². The minimum absolute atomic E-state index is 0.163. The molecule has 0 radical (unpaired) electrons. The van der Waals surface area contributed by atoms with E-state index in [1.54, 1.807) is 54.6 Å². The monoisotopic (exact) mass is 1150 g/mol. The average molecular weight is 1150 g/mol. The van der Waals surface area contributed by atoms with Crippen LogP contribution in [0.4, 0.5) is 34.1 Å². The number of rotatable bonds is 27. The number of anilines is 6. The van der Waals surface area contributed by atoms with Crippen LogP contribution in [0.1, 0.15) is 85.6 Å². The smallest absolute Gasteiger partial charge is 0.216 e. The zero-order chi connectivity index (χ0) is 54.7. The minimum atomic E-state index is -2.57. The van der Waals surface area contributed by atoms with Gasteiger partial charge in [-0.2, -0.15) is 0 Å². The second-order valence-electron chi connectivity index (χ2n) is 15.7. The number of thiocarbonyl (C=S) groups is 1. The van der Waals surface area contributed by atoms with Crippen LogP contribution in [-0.2, 0) is 33.8 Å². The normalized spacial score (nSPS) is 11.6. The van der Waals surface area contributed by atoms with E-state index in [9.17, 15) is 35.9 Å². The first kappa shape index (κ1) is 61.9. The number of nitrogens with one attached hydrogen (secondary N) is 6. The van der Waals surface area contributed by atoms with Gasteiger partial charge < -0.3 is 58.0 Å². The lowest BCUT2D eigenvalue weighted by atomic mass is 10.1. The molecular weight excluding hydrogens is 1100 g/mol. The highest BCUT2D eigenvalue weighted by Gasteiger charge is 2.19. The van der Waals surface area contributed by atoms with Gasteiger partial charge in [-0.3, -0.25) is 22.2 Å². The molecular formula is C51H57N6O11S7-3. The van der Waals surface area contributed by atoms with Gasteiger partial charge in [0.05, 0.1) is 38.3 Å². The molecule has 75 heavy (non-hydrogen) atoms. The first-order valence-corrected chi connectivity index (χ1v) is 28.2. The summed E-state index contributed by atoms with van der Waals surface area (Å²) in [5.74, 6) is 2.67. The molecule has 0 spiro atoms. The lowest BCUT2D eigenvalue weighted by Crippen LogP contribution is -2.09. The van der Waals surface area contributed by atoms with Crippen molar-refractivity contribution in [3.63, 3.8) is 0 Å². The van der Waals surface area contributed by atoms with Gasteiger partial charge in [-0.15, -0.1) is 37.9 Å². The van der Waals surface area contributed by atoms with Crippen LogP contribution in [0.25, 0.3) is 0 Å². The number of benzene rings is 6. The Morgan fingerprint density at radius 3 is 0.947 bits per heavy atom. The van der Waals surface area contributed by atoms with Crippen molar-refractivity contribution in [1.29, 1.82) is 0 Å². The quantitative estimate of drug-likeness (QED) is 0.0101. The largest absolute Gasteiger partial charge is 0.755 e. The SMILES string of the molecule is CCCCNc1cc(C(=O)S)cc(NS(=O)[O-])c1Oc1ccccc1.CCCCNc1cc(C(=O)S)cc(NS(=O)[O-])c1Oc1ccccc1.CCCCNc1cc(C(=S)S)cc(NS(=O)[O-])c1Oc1ccccc1. The Morgan fingerprint density at radius 2 is 0.707 bits per heavy atom. The maximum absolute atomic E-state index is 11.6. The van der Waals surface area contributed by atoms with Crippen molar-refractivity contribution >= 4 is 132 Å². The third kappa shape index (κ3) is 21.8. The van der Waals surface area contributed by atoms with E-state index in [4.69, 9.17) is 26.4 Å². The average Bonchev–Trinajstić information content (AvgIpc) is 3.37. The molecule has 0 aliphatic carbocycles. The summed E-state index contributed by atoms with van der Waals surface area (Å²) in [7, 11) is 0. The molecule has 0 heterocycles. The standard InChI is InChI=1S/2C17H20N2O4S2.C17H20N2O3S3/c2*1-2-3-9-18-14-10-12(17(20)24)11-15(19-25(21)22)16(14)23-13-7-5-4-6-8-13;1-2-3-9-18-14-10-12(17(23)24)11-15(19-25(20)21)16(14)22-13-7-5-4-6-8-13/h2*4-8,10-11,18-19H,2-3,9H2,1H3,(H,20,24)(H,21,22);4-8,10-11,18-19H,2-3,9H2,1H3,(H,20,21)(H,23,24)/p-3. The topological polar surface area (TPSA) is 254 Å². The lowest BCUT2D eigenvalue weighted by molar-refractivity contribution is 0.108. The summed E-state index contributed by atoms with van der Waals surface area (Å²) in [5, 5.41) is 8.73. The fourth-order valence-electron chi connectivity index (χ4n) is 6.50. The van der Waals surface area contributed by atoms with Gasteiger partial charge in [-0.1, -0.05) is 107 Å². The van der Waals surface area contributed by atoms with Crippen molar-refractivity contribution in [2.75, 3.05) is 49.8 Å². The molecule has 0 saturated heterocycles. The van der Waals surface area contributed by atoms with Crippen LogP contribution in [0.15, 0.2) is 127 Å². The van der Waals surface area contributed by atoms with Crippen LogP contribution in [0, 0.1) is 0 Å². The van der Waals surface area contributed by atoms with E-state index in [0.29, 0.717) is 80.1 Å². The van der Waals surface area contributed by atoms with E-state index < -0.39 is 44.0 Å². The molecule has 6 aromatic rings. The van der Waals surface area contributed by atoms with Crippen molar-refractivity contribution in [3.05, 3.63) is 144 Å². The summed E-state index contributed by atoms with van der Waals surface area (Å²) in [4.78, 5) is 23.3. The van der Waals surface area contributed by atoms with Crippen LogP contribution >= 0.6 is 50.1 Å². The molecule has 6 N–H and O–H groups in total. The Balaban J connectivity index is 0.000000243. The summed E-state index contributed by atoms with van der Waals surface area (Å²) in [5.41, 5.74) is 3.46. The van der Waals surface area contributed by atoms with E-state index in [1.807, 2.05) is 60.7 Å². The van der Waals surface area contributed by atoms with Gasteiger partial charge in [0.1, 0.15) is 17.2 Å². The zero-order valence-corrected chi connectivity index (χ0v) is 46.9. The van der Waals surface area contributed by atoms with E-state index in [0.717, 1.165) is 45.1 Å². The summed E-state index contributed by atoms with van der Waals surface area (Å²) >= 11 is 9.34. The molecule has 17 nitrogen and oxygen atoms in total. The van der Waals surface area contributed by atoms with Crippen molar-refractivity contribution in [1.82, 2.24) is 0 Å². The molecule has 0 saturated carbocycles. The lowest BCUT2D eigenvalue weighted by Gasteiger charge is -2.20. The molecule has 3 unspecified atom stereocenters. The van der Waals surface area contributed by atoms with E-state index >= 15 is 0 Å². The number of ether oxygens (including phenoxy) is 3. The summed E-state index contributed by atoms with van der Waals surface area (Å²) in [6.07, 6.45) is 5.81. The van der Waals surface area contributed by atoms with Crippen LogP contribution < -0.4 is 44.3 Å². The Morgan fingerprint density at radius 1 is 0.453 bits per heavy atom. The number of carbonyl (C=O) groups is 2. The van der Waals surface area contributed by atoms with Gasteiger partial charge in [0.2, 0.25) is 10.2 Å². The van der Waals surface area contributed by atoms with Gasteiger partial charge in [-0.05, 0) is 92.1 Å². The van der Waals surface area contributed by atoms with Crippen molar-refractivity contribution in [3.8, 4) is 34.5 Å². The Bertz CT molecular complexity index is 2570. The third-order valence-corrected chi connectivity index (χ3v) is 12.2. The first-order chi connectivity index (χ1) is 36.0. The molecule has 0 amide bonds. The Labute approximate surface area is 467 Å². The third-order valence-electron chi connectivity index (χ3n) is 10.0. The summed E-state index contributed by atoms with van der Waals surface area (Å²) < 4.78 is 91.9. The van der Waals surface area contributed by atoms with Crippen LogP contribution in [0.5, 0.6) is 34.5 Å². The van der Waals surface area contributed by atoms with Crippen LogP contribution in [0.2, 0.25) is 0 Å². The van der Waals surface area contributed by atoms with Crippen molar-refractivity contribution < 1.29 is 50.1 Å². The highest BCUT2D eigenvalue weighted by molar-refractivity contribution is 8.11. The summed E-state index contributed by atoms with van der Waals surface area (Å²) in [6.45, 7) is 8.26. The molecule has 0 aromatic heterocycles. The number of carbonyl (C=O) groups excluding carboxylic acids is 2. The van der Waals surface area contributed by atoms with Crippen LogP contribution in [-0.4, -0.2) is 60.3 Å². The molecule has 402 valence electrons. The Kier molecular flexibility index (Phi) is 27.5. The predicted octanol–water partition coefficient (Wildman–Crippen LogP) is 12.4. The molecule has 6 rings (SSSR count). The fraction of sp³-hybridized carbons (Fsp3) is 0.235. The predicted molar refractivity (Wildman–Crippen MR) is 314 cm³/mol. The molecule has 0 fully saturated rings. The second-order valence-corrected chi connectivity index (χ2v) is 19.7. The first-order valence-electron chi connectivity index (χ1n) is 23.2. The molecule has 0 aliphatic heterocycles. The molecule has 0 bridgehead atoms. The van der Waals surface area contributed by atoms with Crippen molar-refractivity contribution in [2.45, 2.75) is 59.3 Å². The highest BCUT2D eigenvalue weighted by Crippen LogP contribution is 2.42. The number of hydrogen-bond donors (Lipinski definition) is 9. The number of unbranched alkanes of at least 4 members (excludes halogenated alkanes) is 3. The highest BCUT2D eigenvalue weighted by atomic mass is 32.2. The molecule has 0 aliphatic rings. The van der Waals surface area contributed by atoms with E-state index in [-0.39, 0.29) is 22.5 Å². The number of thiol groups is 3. The van der Waals surface area contributed by atoms with Crippen LogP contribution in [0.3, 0.4) is 0 Å². The van der Waals surface area contributed by atoms with Gasteiger partial charge in [0, 0.05) is 70.1 Å². The van der Waals surface area contributed by atoms with Crippen molar-refractivity contribution in [2.24, 2.45) is 0 Å². The maximum Gasteiger partial charge on any atom is 0.216 e. The maximum atomic E-state index is 11.6. The number of hydrogen-bond acceptors (Lipinski definition) is 15. The number of para-hydroxylation sites is 3. The minimum Gasteiger partial charge on any atom is -0.755 e. The van der Waals surface area contributed by atoms with Gasteiger partial charge >= 0.3 is 0 Å². The second kappa shape index (κ2) is 33.4. The molecule has 3 atom stereocenters. The Hall–Kier alpha value is -5.67. The fourth-order valence-corrected chi connectivity index (χ4v) is 7.99. The zero-order valence-electron chi connectivity index (χ0n) is 41.0. The summed E-state index contributed by atoms with van der Waals surface area (Å²) in [6, 6.07) is 36.5. The van der Waals surface area contributed by atoms with Gasteiger partial charge in [0.25, 0.3) is 0 Å². The molecule has 24 heteroatoms. The molecule has 6 aromatic carbocycles. The van der Waals surface area contributed by atoms with Gasteiger partial charge in [-0.25, -0.2) is 0 Å². The van der Waals surface area contributed by atoms with E-state index in [2.05, 4.69) is 88.8 Å². The van der Waals surface area contributed by atoms with E-state index in [1.165, 1.54) is 12.1 Å².